The van der Waals surface area contributed by atoms with Gasteiger partial charge in [-0.1, -0.05) is 133 Å². The van der Waals surface area contributed by atoms with Gasteiger partial charge < -0.3 is 0 Å². The molecule has 0 N–H and O–H groups in total. The lowest BCUT2D eigenvalue weighted by molar-refractivity contribution is 1.66. The molecule has 0 aliphatic carbocycles. The molecular weight excluding hydrogens is 360 g/mol. The summed E-state index contributed by atoms with van der Waals surface area (Å²) in [5, 5.41) is 5.10. The highest BCUT2D eigenvalue weighted by atomic mass is 14.1. The molecule has 5 aromatic carbocycles. The minimum atomic E-state index is 1.21. The highest BCUT2D eigenvalue weighted by molar-refractivity contribution is 6.14. The van der Waals surface area contributed by atoms with Crippen LogP contribution in [0.4, 0.5) is 0 Å². The van der Waals surface area contributed by atoms with Crippen LogP contribution in [-0.4, -0.2) is 0 Å². The molecule has 0 unspecified atom stereocenters. The molecule has 0 spiro atoms. The van der Waals surface area contributed by atoms with Crippen LogP contribution in [0.3, 0.4) is 0 Å². The summed E-state index contributed by atoms with van der Waals surface area (Å²) < 4.78 is 0. The van der Waals surface area contributed by atoms with Gasteiger partial charge in [0.05, 0.1) is 0 Å². The van der Waals surface area contributed by atoms with Crippen molar-refractivity contribution >= 4 is 45.8 Å². The SMILES string of the molecule is C(=C/c1c2ccccc2c(/C=C/c2ccccc2)c2ccccc12)/c1ccccc1. The smallest absolute Gasteiger partial charge is 0.00987 e. The summed E-state index contributed by atoms with van der Waals surface area (Å²) in [5.41, 5.74) is 4.95. The summed E-state index contributed by atoms with van der Waals surface area (Å²) in [6, 6.07) is 38.4. The fourth-order valence-electron chi connectivity index (χ4n) is 4.04. The fraction of sp³-hybridized carbons (Fsp3) is 0. The first-order valence-corrected chi connectivity index (χ1v) is 10.3. The van der Waals surface area contributed by atoms with E-state index in [9.17, 15) is 0 Å². The van der Waals surface area contributed by atoms with Crippen LogP contribution >= 0.6 is 0 Å². The van der Waals surface area contributed by atoms with Crippen molar-refractivity contribution in [2.24, 2.45) is 0 Å². The first kappa shape index (κ1) is 18.1. The van der Waals surface area contributed by atoms with Gasteiger partial charge in [0.25, 0.3) is 0 Å². The fourth-order valence-corrected chi connectivity index (χ4v) is 4.04. The summed E-state index contributed by atoms with van der Waals surface area (Å²) >= 11 is 0. The summed E-state index contributed by atoms with van der Waals surface area (Å²) in [6.45, 7) is 0. The molecule has 0 saturated heterocycles. The average Bonchev–Trinajstić information content (AvgIpc) is 2.82. The first-order chi connectivity index (χ1) is 14.9. The summed E-state index contributed by atoms with van der Waals surface area (Å²) in [7, 11) is 0. The number of hydrogen-bond acceptors (Lipinski definition) is 0. The van der Waals surface area contributed by atoms with Crippen LogP contribution in [0.15, 0.2) is 109 Å². The van der Waals surface area contributed by atoms with Crippen LogP contribution in [0.5, 0.6) is 0 Å². The van der Waals surface area contributed by atoms with Crippen LogP contribution in [-0.2, 0) is 0 Å². The average molecular weight is 383 g/mol. The second-order valence-corrected chi connectivity index (χ2v) is 7.41. The van der Waals surface area contributed by atoms with E-state index in [4.69, 9.17) is 0 Å². The number of benzene rings is 5. The lowest BCUT2D eigenvalue weighted by atomic mass is 9.91. The third-order valence-electron chi connectivity index (χ3n) is 5.50. The molecule has 0 aliphatic heterocycles. The van der Waals surface area contributed by atoms with Crippen LogP contribution in [0.1, 0.15) is 22.3 Å². The zero-order chi connectivity index (χ0) is 20.2. The van der Waals surface area contributed by atoms with Crippen molar-refractivity contribution in [2.45, 2.75) is 0 Å². The number of hydrogen-bond donors (Lipinski definition) is 0. The van der Waals surface area contributed by atoms with E-state index in [1.54, 1.807) is 0 Å². The Morgan fingerprint density at radius 1 is 0.300 bits per heavy atom. The Morgan fingerprint density at radius 2 is 0.600 bits per heavy atom. The van der Waals surface area contributed by atoms with E-state index >= 15 is 0 Å². The molecular formula is C30H22. The van der Waals surface area contributed by atoms with Crippen molar-refractivity contribution in [1.82, 2.24) is 0 Å². The second-order valence-electron chi connectivity index (χ2n) is 7.41. The van der Waals surface area contributed by atoms with Crippen LogP contribution in [0.25, 0.3) is 45.8 Å². The molecule has 0 aromatic heterocycles. The maximum absolute atomic E-state index is 2.25. The first-order valence-electron chi connectivity index (χ1n) is 10.3. The van der Waals surface area contributed by atoms with Crippen molar-refractivity contribution < 1.29 is 0 Å². The second kappa shape index (κ2) is 8.23. The molecule has 0 saturated carbocycles. The molecule has 0 atom stereocenters. The van der Waals surface area contributed by atoms with Gasteiger partial charge in [-0.2, -0.15) is 0 Å². The van der Waals surface area contributed by atoms with Gasteiger partial charge in [-0.3, -0.25) is 0 Å². The van der Waals surface area contributed by atoms with Gasteiger partial charge in [0.2, 0.25) is 0 Å². The van der Waals surface area contributed by atoms with Gasteiger partial charge in [0.15, 0.2) is 0 Å². The summed E-state index contributed by atoms with van der Waals surface area (Å²) in [4.78, 5) is 0. The lowest BCUT2D eigenvalue weighted by Gasteiger charge is -2.13. The van der Waals surface area contributed by atoms with Gasteiger partial charge in [-0.25, -0.2) is 0 Å². The van der Waals surface area contributed by atoms with Crippen molar-refractivity contribution in [2.75, 3.05) is 0 Å². The molecule has 0 heterocycles. The molecule has 0 bridgehead atoms. The summed E-state index contributed by atoms with van der Waals surface area (Å²) in [6.07, 6.45) is 8.91. The van der Waals surface area contributed by atoms with E-state index in [1.807, 2.05) is 0 Å². The predicted molar refractivity (Wildman–Crippen MR) is 132 cm³/mol. The Hall–Kier alpha value is -3.90. The molecule has 0 aliphatic rings. The number of rotatable bonds is 4. The van der Waals surface area contributed by atoms with Crippen molar-refractivity contribution in [3.63, 3.8) is 0 Å². The molecule has 0 heteroatoms. The standard InChI is InChI=1S/C30H22/c1-3-11-23(12-4-1)19-21-29-25-15-7-9-17-27(25)30(28-18-10-8-16-26(28)29)22-20-24-13-5-2-6-14-24/h1-22H/b21-19-,22-20+. The maximum atomic E-state index is 2.25. The van der Waals surface area contributed by atoms with Gasteiger partial charge in [-0.15, -0.1) is 0 Å². The molecule has 0 amide bonds. The van der Waals surface area contributed by atoms with E-state index in [-0.39, 0.29) is 0 Å². The largest absolute Gasteiger partial charge is 0.0622 e. The predicted octanol–water partition coefficient (Wildman–Crippen LogP) is 8.33. The summed E-state index contributed by atoms with van der Waals surface area (Å²) in [5.74, 6) is 0. The van der Waals surface area contributed by atoms with E-state index in [0.717, 1.165) is 0 Å². The van der Waals surface area contributed by atoms with E-state index in [1.165, 1.54) is 43.8 Å². The zero-order valence-electron chi connectivity index (χ0n) is 16.7. The normalized spacial score (nSPS) is 11.7. The minimum absolute atomic E-state index is 1.21. The van der Waals surface area contributed by atoms with Crippen molar-refractivity contribution in [3.8, 4) is 0 Å². The highest BCUT2D eigenvalue weighted by Gasteiger charge is 2.10. The molecule has 5 rings (SSSR count). The Morgan fingerprint density at radius 3 is 0.933 bits per heavy atom. The Bertz CT molecular complexity index is 1190. The quantitative estimate of drug-likeness (QED) is 0.216. The van der Waals surface area contributed by atoms with Gasteiger partial charge in [0, 0.05) is 0 Å². The monoisotopic (exact) mass is 382 g/mol. The van der Waals surface area contributed by atoms with E-state index in [2.05, 4.69) is 133 Å². The van der Waals surface area contributed by atoms with E-state index < -0.39 is 0 Å². The molecule has 0 nitrogen and oxygen atoms in total. The van der Waals surface area contributed by atoms with Crippen molar-refractivity contribution in [3.05, 3.63) is 131 Å². The van der Waals surface area contributed by atoms with Gasteiger partial charge >= 0.3 is 0 Å². The Balaban J connectivity index is 1.74. The van der Waals surface area contributed by atoms with Gasteiger partial charge in [0.1, 0.15) is 0 Å². The maximum Gasteiger partial charge on any atom is -0.00987 e. The van der Waals surface area contributed by atoms with Crippen LogP contribution in [0.2, 0.25) is 0 Å². The highest BCUT2D eigenvalue weighted by Crippen LogP contribution is 2.35. The lowest BCUT2D eigenvalue weighted by Crippen LogP contribution is -1.88. The molecule has 0 radical (unpaired) electrons. The Kier molecular flexibility index (Phi) is 4.98. The third-order valence-corrected chi connectivity index (χ3v) is 5.50. The van der Waals surface area contributed by atoms with Crippen LogP contribution < -0.4 is 0 Å². The van der Waals surface area contributed by atoms with E-state index in [0.29, 0.717) is 0 Å². The van der Waals surface area contributed by atoms with Gasteiger partial charge in [-0.05, 0) is 43.8 Å². The molecule has 5 aromatic rings. The zero-order valence-corrected chi connectivity index (χ0v) is 16.7. The van der Waals surface area contributed by atoms with Crippen LogP contribution in [0, 0.1) is 0 Å². The molecule has 30 heavy (non-hydrogen) atoms. The Labute approximate surface area is 177 Å². The third kappa shape index (κ3) is 3.56. The molecule has 142 valence electrons. The van der Waals surface area contributed by atoms with Crippen molar-refractivity contribution in [1.29, 1.82) is 0 Å². The number of fused-ring (bicyclic) bond motifs is 2. The minimum Gasteiger partial charge on any atom is -0.0622 e. The molecule has 0 fully saturated rings. The topological polar surface area (TPSA) is 0 Å².